The average Bonchev–Trinajstić information content (AvgIpc) is 2.55. The van der Waals surface area contributed by atoms with E-state index in [0.717, 1.165) is 62.5 Å². The number of benzene rings is 1. The van der Waals surface area contributed by atoms with Crippen molar-refractivity contribution < 1.29 is 44.0 Å². The fraction of sp³-hybridized carbons (Fsp3) is 0.667. The Bertz CT molecular complexity index is 585. The van der Waals surface area contributed by atoms with Crippen molar-refractivity contribution >= 4 is 10.1 Å². The quantitative estimate of drug-likeness (QED) is 0.674. The van der Waals surface area contributed by atoms with Crippen molar-refractivity contribution in [1.29, 1.82) is 0 Å². The molecule has 0 saturated heterocycles. The summed E-state index contributed by atoms with van der Waals surface area (Å²) in [6, 6.07) is 5.83. The molecule has 3 rings (SSSR count). The van der Waals surface area contributed by atoms with Crippen LogP contribution in [0.3, 0.4) is 0 Å². The monoisotopic (exact) mass is 346 g/mol. The van der Waals surface area contributed by atoms with Crippen LogP contribution < -0.4 is 29.6 Å². The summed E-state index contributed by atoms with van der Waals surface area (Å²) in [6.45, 7) is 0. The van der Waals surface area contributed by atoms with E-state index in [-0.39, 0.29) is 47.7 Å². The Hall–Kier alpha value is 0.130. The van der Waals surface area contributed by atoms with Crippen LogP contribution in [-0.2, 0) is 10.1 Å². The smallest absolute Gasteiger partial charge is 1.00 e. The maximum absolute atomic E-state index is 12.1. The van der Waals surface area contributed by atoms with Crippen LogP contribution in [0.25, 0.3) is 0 Å². The summed E-state index contributed by atoms with van der Waals surface area (Å²) < 4.78 is 34.1. The molecule has 0 aromatic heterocycles. The van der Waals surface area contributed by atoms with Gasteiger partial charge in [-0.25, -0.2) is 0 Å². The fourth-order valence-corrected chi connectivity index (χ4v) is 5.41. The Morgan fingerprint density at radius 1 is 0.826 bits per heavy atom. The molecule has 0 unspecified atom stereocenters. The zero-order chi connectivity index (χ0) is 15.6. The summed E-state index contributed by atoms with van der Waals surface area (Å²) in [6.07, 6.45) is 11.2. The standard InChI is InChI=1S/C18H26O3S.Na.H/c19-22(20,21)18-16(14-8-3-1-4-9-14)12-7-13-17(18)15-10-5-2-6-11-15;;/h7,12-15H,1-6,8-11H2,(H,19,20,21);;/q;+1;-1. The summed E-state index contributed by atoms with van der Waals surface area (Å²) >= 11 is 0. The van der Waals surface area contributed by atoms with Gasteiger partial charge >= 0.3 is 29.6 Å². The molecule has 0 atom stereocenters. The molecule has 2 fully saturated rings. The first kappa shape index (κ1) is 19.5. The molecule has 0 bridgehead atoms. The van der Waals surface area contributed by atoms with Gasteiger partial charge in [0.1, 0.15) is 4.90 Å². The molecule has 1 aromatic carbocycles. The fourth-order valence-electron chi connectivity index (χ4n) is 4.34. The van der Waals surface area contributed by atoms with Crippen molar-refractivity contribution in [2.75, 3.05) is 0 Å². The van der Waals surface area contributed by atoms with Crippen LogP contribution in [-0.4, -0.2) is 13.0 Å². The molecule has 0 spiro atoms. The Balaban J connectivity index is 0.00000144. The van der Waals surface area contributed by atoms with Crippen LogP contribution in [0.4, 0.5) is 0 Å². The molecule has 1 N–H and O–H groups in total. The number of rotatable bonds is 3. The van der Waals surface area contributed by atoms with E-state index >= 15 is 0 Å². The van der Waals surface area contributed by atoms with Crippen LogP contribution >= 0.6 is 0 Å². The normalized spacial score (nSPS) is 20.9. The molecule has 23 heavy (non-hydrogen) atoms. The van der Waals surface area contributed by atoms with E-state index in [1.54, 1.807) is 0 Å². The minimum absolute atomic E-state index is 0. The summed E-state index contributed by atoms with van der Waals surface area (Å²) in [4.78, 5) is 0.244. The summed E-state index contributed by atoms with van der Waals surface area (Å²) in [5.74, 6) is 0.573. The zero-order valence-corrected chi connectivity index (χ0v) is 16.9. The predicted octanol–water partition coefficient (Wildman–Crippen LogP) is 2.15. The third-order valence-corrected chi connectivity index (χ3v) is 6.41. The van der Waals surface area contributed by atoms with Crippen molar-refractivity contribution in [3.63, 3.8) is 0 Å². The van der Waals surface area contributed by atoms with Crippen molar-refractivity contribution in [1.82, 2.24) is 0 Å². The van der Waals surface area contributed by atoms with Crippen LogP contribution in [0.5, 0.6) is 0 Å². The van der Waals surface area contributed by atoms with Crippen LogP contribution in [0.1, 0.15) is 88.6 Å². The molecule has 2 aliphatic carbocycles. The summed E-state index contributed by atoms with van der Waals surface area (Å²) in [5, 5.41) is 0. The first-order valence-electron chi connectivity index (χ1n) is 8.67. The van der Waals surface area contributed by atoms with E-state index in [2.05, 4.69) is 0 Å². The van der Waals surface area contributed by atoms with Gasteiger partial charge < -0.3 is 1.43 Å². The Labute approximate surface area is 163 Å². The Kier molecular flexibility index (Phi) is 7.17. The van der Waals surface area contributed by atoms with Crippen LogP contribution in [0, 0.1) is 0 Å². The molecule has 0 radical (unpaired) electrons. The first-order valence-corrected chi connectivity index (χ1v) is 10.1. The second kappa shape index (κ2) is 8.48. The maximum atomic E-state index is 12.1. The molecule has 124 valence electrons. The van der Waals surface area contributed by atoms with Gasteiger partial charge in [0.05, 0.1) is 0 Å². The van der Waals surface area contributed by atoms with Gasteiger partial charge in [-0.2, -0.15) is 8.42 Å². The SMILES string of the molecule is O=S(=O)(O)c1c(C2CCCCC2)cccc1C1CCCCC1.[H-].[Na+]. The Morgan fingerprint density at radius 3 is 1.57 bits per heavy atom. The van der Waals surface area contributed by atoms with Gasteiger partial charge in [-0.15, -0.1) is 0 Å². The molecular weight excluding hydrogens is 319 g/mol. The van der Waals surface area contributed by atoms with Gasteiger partial charge in [0.25, 0.3) is 10.1 Å². The predicted molar refractivity (Wildman–Crippen MR) is 89.0 cm³/mol. The minimum atomic E-state index is -4.16. The molecule has 2 saturated carbocycles. The molecule has 0 amide bonds. The molecule has 1 aromatic rings. The van der Waals surface area contributed by atoms with Gasteiger partial charge in [-0.05, 0) is 48.6 Å². The van der Waals surface area contributed by atoms with E-state index in [0.29, 0.717) is 0 Å². The second-order valence-electron chi connectivity index (χ2n) is 6.91. The molecule has 3 nitrogen and oxygen atoms in total. The largest absolute Gasteiger partial charge is 1.00 e. The van der Waals surface area contributed by atoms with Crippen molar-refractivity contribution in [3.8, 4) is 0 Å². The van der Waals surface area contributed by atoms with Crippen LogP contribution in [0.15, 0.2) is 23.1 Å². The van der Waals surface area contributed by atoms with E-state index in [9.17, 15) is 13.0 Å². The summed E-state index contributed by atoms with van der Waals surface area (Å²) in [7, 11) is -4.16. The molecule has 2 aliphatic rings. The zero-order valence-electron chi connectivity index (χ0n) is 15.1. The van der Waals surface area contributed by atoms with Gasteiger partial charge in [-0.1, -0.05) is 56.7 Å². The third kappa shape index (κ3) is 4.60. The molecule has 0 heterocycles. The Morgan fingerprint density at radius 2 is 1.22 bits per heavy atom. The van der Waals surface area contributed by atoms with Crippen molar-refractivity contribution in [3.05, 3.63) is 29.3 Å². The summed E-state index contributed by atoms with van der Waals surface area (Å²) in [5.41, 5.74) is 1.73. The van der Waals surface area contributed by atoms with E-state index in [1.165, 1.54) is 12.8 Å². The van der Waals surface area contributed by atoms with Gasteiger partial charge in [-0.3, -0.25) is 4.55 Å². The minimum Gasteiger partial charge on any atom is -1.00 e. The maximum Gasteiger partial charge on any atom is 1.00 e. The second-order valence-corrected chi connectivity index (χ2v) is 8.27. The average molecular weight is 346 g/mol. The molecule has 0 aliphatic heterocycles. The van der Waals surface area contributed by atoms with Crippen molar-refractivity contribution in [2.24, 2.45) is 0 Å². The molecular formula is C18H27NaO3S. The van der Waals surface area contributed by atoms with Gasteiger partial charge in [0, 0.05) is 0 Å². The van der Waals surface area contributed by atoms with E-state index in [1.807, 2.05) is 18.2 Å². The van der Waals surface area contributed by atoms with E-state index < -0.39 is 10.1 Å². The molecule has 5 heteroatoms. The number of hydrogen-bond acceptors (Lipinski definition) is 2. The van der Waals surface area contributed by atoms with Gasteiger partial charge in [0.15, 0.2) is 0 Å². The number of hydrogen-bond donors (Lipinski definition) is 1. The third-order valence-electron chi connectivity index (χ3n) is 5.42. The first-order chi connectivity index (χ1) is 10.6. The van der Waals surface area contributed by atoms with Crippen molar-refractivity contribution in [2.45, 2.75) is 80.9 Å². The van der Waals surface area contributed by atoms with E-state index in [4.69, 9.17) is 0 Å². The topological polar surface area (TPSA) is 54.4 Å². The van der Waals surface area contributed by atoms with Crippen LogP contribution in [0.2, 0.25) is 0 Å². The van der Waals surface area contributed by atoms with Gasteiger partial charge in [0.2, 0.25) is 0 Å².